The maximum Gasteiger partial charge on any atom is 0.472 e. The van der Waals surface area contributed by atoms with E-state index in [9.17, 15) is 22.4 Å². The second-order valence-electron chi connectivity index (χ2n) is 7.39. The van der Waals surface area contributed by atoms with Gasteiger partial charge >= 0.3 is 12.1 Å². The fraction of sp³-hybridized carbons (Fsp3) is 0.273. The average Bonchev–Trinajstić information content (AvgIpc) is 3.10. The summed E-state index contributed by atoms with van der Waals surface area (Å²) in [5, 5.41) is 4.23. The Kier molecular flexibility index (Phi) is 7.37. The maximum atomic E-state index is 14.8. The Labute approximate surface area is 197 Å². The minimum Gasteiger partial charge on any atom is -0.497 e. The Bertz CT molecular complexity index is 1180. The highest BCUT2D eigenvalue weighted by atomic mass is 35.5. The summed E-state index contributed by atoms with van der Waals surface area (Å²) in [6.07, 6.45) is -3.94. The molecule has 0 spiro atoms. The minimum atomic E-state index is -5.29. The molecule has 0 radical (unpaired) electrons. The van der Waals surface area contributed by atoms with Crippen LogP contribution >= 0.6 is 11.6 Å². The van der Waals surface area contributed by atoms with Crippen molar-refractivity contribution in [3.05, 3.63) is 53.4 Å². The van der Waals surface area contributed by atoms with Crippen LogP contribution < -0.4 is 20.1 Å². The van der Waals surface area contributed by atoms with Crippen LogP contribution in [0.2, 0.25) is 5.02 Å². The van der Waals surface area contributed by atoms with Crippen LogP contribution in [0.1, 0.15) is 6.92 Å². The van der Waals surface area contributed by atoms with Crippen LogP contribution in [0.5, 0.6) is 11.5 Å². The van der Waals surface area contributed by atoms with Gasteiger partial charge in [0.25, 0.3) is 0 Å². The van der Waals surface area contributed by atoms with Gasteiger partial charge in [-0.15, -0.1) is 0 Å². The third kappa shape index (κ3) is 5.26. The number of ether oxygens (including phenoxy) is 2. The first kappa shape index (κ1) is 25.3. The number of nitrogens with two attached hydrogens (primary N) is 1. The van der Waals surface area contributed by atoms with E-state index in [0.29, 0.717) is 5.69 Å². The normalized spacial score (nSPS) is 12.4. The van der Waals surface area contributed by atoms with E-state index in [1.54, 1.807) is 14.0 Å². The maximum absolute atomic E-state index is 14.8. The first-order valence-electron chi connectivity index (χ1n) is 9.89. The quantitative estimate of drug-likeness (QED) is 0.469. The zero-order chi connectivity index (χ0) is 25.2. The molecule has 1 amide bonds. The number of aromatic nitrogens is 2. The Morgan fingerprint density at radius 3 is 2.50 bits per heavy atom. The fourth-order valence-corrected chi connectivity index (χ4v) is 3.46. The summed E-state index contributed by atoms with van der Waals surface area (Å²) in [6.45, 7) is 1.81. The molecule has 3 rings (SSSR count). The van der Waals surface area contributed by atoms with Crippen molar-refractivity contribution >= 4 is 28.9 Å². The average molecular weight is 501 g/mol. The molecule has 0 saturated heterocycles. The number of alkyl halides is 3. The Morgan fingerprint density at radius 1 is 1.26 bits per heavy atom. The number of aryl methyl sites for hydroxylation is 1. The van der Waals surface area contributed by atoms with Crippen LogP contribution in [-0.4, -0.2) is 41.6 Å². The van der Waals surface area contributed by atoms with E-state index in [4.69, 9.17) is 26.8 Å². The molecular weight excluding hydrogens is 480 g/mol. The van der Waals surface area contributed by atoms with Gasteiger partial charge in [0.1, 0.15) is 18.1 Å². The first-order chi connectivity index (χ1) is 15.9. The Morgan fingerprint density at radius 2 is 1.97 bits per heavy atom. The number of nitrogens with zero attached hydrogens (tertiary/aromatic N) is 3. The van der Waals surface area contributed by atoms with Crippen molar-refractivity contribution in [3.63, 3.8) is 0 Å². The molecule has 0 fully saturated rings. The van der Waals surface area contributed by atoms with E-state index in [0.717, 1.165) is 12.1 Å². The molecule has 1 aromatic heterocycles. The number of methoxy groups -OCH3 is 1. The fourth-order valence-electron chi connectivity index (χ4n) is 3.19. The summed E-state index contributed by atoms with van der Waals surface area (Å²) >= 11 is 6.26. The lowest BCUT2D eigenvalue weighted by Gasteiger charge is -2.26. The van der Waals surface area contributed by atoms with Crippen molar-refractivity contribution in [1.29, 1.82) is 0 Å². The molecule has 2 aromatic carbocycles. The summed E-state index contributed by atoms with van der Waals surface area (Å²) < 4.78 is 67.4. The SMILES string of the molecule is COc1ccc(N(C(=O)C(F)(F)F)c2ccc(OC[C@@H](C)N)c(-c3c(Cl)cnn3C)c2)c(F)c1. The van der Waals surface area contributed by atoms with Gasteiger partial charge in [-0.2, -0.15) is 18.3 Å². The lowest BCUT2D eigenvalue weighted by atomic mass is 10.1. The van der Waals surface area contributed by atoms with Crippen LogP contribution in [0.25, 0.3) is 11.3 Å². The summed E-state index contributed by atoms with van der Waals surface area (Å²) in [4.78, 5) is 12.6. The number of hydrogen-bond donors (Lipinski definition) is 1. The van der Waals surface area contributed by atoms with Gasteiger partial charge in [0.15, 0.2) is 5.82 Å². The van der Waals surface area contributed by atoms with Gasteiger partial charge in [0, 0.05) is 24.7 Å². The van der Waals surface area contributed by atoms with Gasteiger partial charge in [-0.05, 0) is 37.3 Å². The number of benzene rings is 2. The highest BCUT2D eigenvalue weighted by Crippen LogP contribution is 2.41. The van der Waals surface area contributed by atoms with Crippen molar-refractivity contribution in [3.8, 4) is 22.8 Å². The van der Waals surface area contributed by atoms with Crippen LogP contribution in [0.4, 0.5) is 28.9 Å². The first-order valence-corrected chi connectivity index (χ1v) is 10.3. The smallest absolute Gasteiger partial charge is 0.472 e. The summed E-state index contributed by atoms with van der Waals surface area (Å²) in [5.74, 6) is -3.07. The van der Waals surface area contributed by atoms with Gasteiger partial charge < -0.3 is 15.2 Å². The van der Waals surface area contributed by atoms with Gasteiger partial charge in [0.05, 0.1) is 35.4 Å². The molecule has 12 heteroatoms. The van der Waals surface area contributed by atoms with Crippen LogP contribution in [0, 0.1) is 5.82 Å². The Hall–Kier alpha value is -3.31. The molecule has 0 aliphatic rings. The summed E-state index contributed by atoms with van der Waals surface area (Å²) in [6, 6.07) is 6.61. The third-order valence-electron chi connectivity index (χ3n) is 4.71. The predicted octanol–water partition coefficient (Wildman–Crippen LogP) is 4.84. The molecule has 3 aromatic rings. The number of halogens is 5. The number of hydrogen-bond acceptors (Lipinski definition) is 5. The molecule has 0 bridgehead atoms. The number of anilines is 2. The van der Waals surface area contributed by atoms with E-state index in [1.165, 1.54) is 42.3 Å². The van der Waals surface area contributed by atoms with Gasteiger partial charge in [-0.25, -0.2) is 4.39 Å². The van der Waals surface area contributed by atoms with Crippen molar-refractivity contribution in [2.24, 2.45) is 12.8 Å². The largest absolute Gasteiger partial charge is 0.497 e. The highest BCUT2D eigenvalue weighted by Gasteiger charge is 2.44. The third-order valence-corrected chi connectivity index (χ3v) is 4.99. The zero-order valence-corrected chi connectivity index (χ0v) is 19.1. The van der Waals surface area contributed by atoms with Gasteiger partial charge in [0.2, 0.25) is 0 Å². The molecule has 34 heavy (non-hydrogen) atoms. The lowest BCUT2D eigenvalue weighted by Crippen LogP contribution is -2.38. The van der Waals surface area contributed by atoms with E-state index < -0.39 is 23.6 Å². The number of amides is 1. The molecule has 7 nitrogen and oxygen atoms in total. The van der Waals surface area contributed by atoms with E-state index in [2.05, 4.69) is 5.10 Å². The monoisotopic (exact) mass is 500 g/mol. The molecule has 0 aliphatic carbocycles. The zero-order valence-electron chi connectivity index (χ0n) is 18.4. The summed E-state index contributed by atoms with van der Waals surface area (Å²) in [5.41, 5.74) is 5.42. The highest BCUT2D eigenvalue weighted by molar-refractivity contribution is 6.33. The van der Waals surface area contributed by atoms with Crippen LogP contribution in [0.15, 0.2) is 42.6 Å². The molecule has 1 atom stereocenters. The molecule has 0 unspecified atom stereocenters. The lowest BCUT2D eigenvalue weighted by molar-refractivity contribution is -0.169. The van der Waals surface area contributed by atoms with Crippen molar-refractivity contribution in [2.75, 3.05) is 18.6 Å². The molecule has 1 heterocycles. The molecule has 0 aliphatic heterocycles. The van der Waals surface area contributed by atoms with Crippen molar-refractivity contribution in [1.82, 2.24) is 9.78 Å². The van der Waals surface area contributed by atoms with Gasteiger partial charge in [-0.3, -0.25) is 14.4 Å². The Balaban J connectivity index is 2.24. The van der Waals surface area contributed by atoms with E-state index in [-0.39, 0.29) is 45.3 Å². The topological polar surface area (TPSA) is 82.6 Å². The molecule has 0 saturated carbocycles. The minimum absolute atomic E-state index is 0.0719. The standard InChI is InChI=1S/C22H21ClF4N4O3/c1-12(28)11-34-19-7-4-13(8-15(19)20-16(23)10-29-30(20)2)31(21(32)22(25,26)27)18-6-5-14(33-3)9-17(18)24/h4-10,12H,11,28H2,1-3H3/t12-/m1/s1. The van der Waals surface area contributed by atoms with Crippen LogP contribution in [0.3, 0.4) is 0 Å². The molecule has 182 valence electrons. The van der Waals surface area contributed by atoms with E-state index >= 15 is 0 Å². The van der Waals surface area contributed by atoms with Gasteiger partial charge in [-0.1, -0.05) is 11.6 Å². The van der Waals surface area contributed by atoms with Crippen molar-refractivity contribution in [2.45, 2.75) is 19.1 Å². The van der Waals surface area contributed by atoms with E-state index in [1.807, 2.05) is 0 Å². The van der Waals surface area contributed by atoms with Crippen LogP contribution in [-0.2, 0) is 11.8 Å². The van der Waals surface area contributed by atoms with Crippen molar-refractivity contribution < 1.29 is 31.8 Å². The second-order valence-corrected chi connectivity index (χ2v) is 7.80. The molecule has 2 N–H and O–H groups in total. The summed E-state index contributed by atoms with van der Waals surface area (Å²) in [7, 11) is 2.85. The number of carbonyl (C=O) groups is 1. The number of carbonyl (C=O) groups excluding carboxylic acids is 1. The molecular formula is C22H21ClF4N4O3. The number of rotatable bonds is 7. The second kappa shape index (κ2) is 9.90. The predicted molar refractivity (Wildman–Crippen MR) is 119 cm³/mol.